The van der Waals surface area contributed by atoms with Crippen molar-refractivity contribution in [1.29, 1.82) is 0 Å². The Morgan fingerprint density at radius 1 is 1.15 bits per heavy atom. The van der Waals surface area contributed by atoms with E-state index < -0.39 is 34.7 Å². The van der Waals surface area contributed by atoms with Crippen LogP contribution in [0.15, 0.2) is 60.8 Å². The lowest BCUT2D eigenvalue weighted by Crippen LogP contribution is -2.48. The number of aromatic nitrogens is 1. The fourth-order valence-electron chi connectivity index (χ4n) is 3.46. The second kappa shape index (κ2) is 10.3. The molecule has 3 N–H and O–H groups in total. The molecule has 0 bridgehead atoms. The predicted molar refractivity (Wildman–Crippen MR) is 119 cm³/mol. The van der Waals surface area contributed by atoms with Gasteiger partial charge in [0.25, 0.3) is 11.6 Å². The summed E-state index contributed by atoms with van der Waals surface area (Å²) < 4.78 is 5.00. The molecule has 0 fully saturated rings. The van der Waals surface area contributed by atoms with Crippen molar-refractivity contribution in [2.45, 2.75) is 25.3 Å². The molecule has 10 heteroatoms. The topological polar surface area (TPSA) is 155 Å². The summed E-state index contributed by atoms with van der Waals surface area (Å²) in [6, 6.07) is 12.9. The molecule has 33 heavy (non-hydrogen) atoms. The lowest BCUT2D eigenvalue weighted by atomic mass is 9.87. The van der Waals surface area contributed by atoms with Crippen molar-refractivity contribution in [3.05, 3.63) is 82.0 Å². The number of rotatable bonds is 9. The average molecular weight is 450 g/mol. The summed E-state index contributed by atoms with van der Waals surface area (Å²) in [5.74, 6) is -2.98. The minimum Gasteiger partial charge on any atom is -0.466 e. The summed E-state index contributed by atoms with van der Waals surface area (Å²) in [5, 5.41) is 14.3. The molecule has 0 aliphatic carbocycles. The van der Waals surface area contributed by atoms with E-state index in [0.29, 0.717) is 11.1 Å². The number of nitro benzene ring substituents is 1. The molecule has 10 nitrogen and oxygen atoms in total. The van der Waals surface area contributed by atoms with Gasteiger partial charge in [0.15, 0.2) is 0 Å². The van der Waals surface area contributed by atoms with E-state index in [1.165, 1.54) is 30.5 Å². The maximum absolute atomic E-state index is 12.9. The number of hydrogen-bond donors (Lipinski definition) is 2. The minimum absolute atomic E-state index is 0.127. The van der Waals surface area contributed by atoms with E-state index in [1.54, 1.807) is 25.1 Å². The molecule has 3 rings (SSSR count). The molecule has 0 saturated carbocycles. The Morgan fingerprint density at radius 2 is 1.85 bits per heavy atom. The Hall–Kier alpha value is -4.34. The number of carbonyl (C=O) groups is 3. The maximum atomic E-state index is 12.9. The van der Waals surface area contributed by atoms with Gasteiger partial charge in [0, 0.05) is 29.6 Å². The number of esters is 1. The number of amides is 2. The van der Waals surface area contributed by atoms with Gasteiger partial charge in [-0.2, -0.15) is 0 Å². The first-order chi connectivity index (χ1) is 15.8. The number of non-ortho nitro benzene ring substituents is 1. The van der Waals surface area contributed by atoms with Crippen LogP contribution in [0.2, 0.25) is 0 Å². The molecule has 170 valence electrons. The number of benzene rings is 2. The van der Waals surface area contributed by atoms with Crippen molar-refractivity contribution in [2.75, 3.05) is 6.61 Å². The predicted octanol–water partition coefficient (Wildman–Crippen LogP) is 2.46. The first-order valence-electron chi connectivity index (χ1n) is 10.1. The van der Waals surface area contributed by atoms with E-state index >= 15 is 0 Å². The molecule has 0 radical (unpaired) electrons. The van der Waals surface area contributed by atoms with Crippen molar-refractivity contribution in [2.24, 2.45) is 5.73 Å². The van der Waals surface area contributed by atoms with Crippen molar-refractivity contribution in [1.82, 2.24) is 10.3 Å². The molecule has 0 aliphatic rings. The summed E-state index contributed by atoms with van der Waals surface area (Å²) in [5.41, 5.74) is 6.75. The third kappa shape index (κ3) is 5.67. The fraction of sp³-hybridized carbons (Fsp3) is 0.217. The molecule has 0 aliphatic heterocycles. The Labute approximate surface area is 188 Å². The Kier molecular flexibility index (Phi) is 7.29. The van der Waals surface area contributed by atoms with Gasteiger partial charge >= 0.3 is 5.97 Å². The van der Waals surface area contributed by atoms with E-state index in [2.05, 4.69) is 10.3 Å². The van der Waals surface area contributed by atoms with E-state index in [9.17, 15) is 24.5 Å². The van der Waals surface area contributed by atoms with E-state index in [4.69, 9.17) is 10.5 Å². The molecule has 0 unspecified atom stereocenters. The zero-order valence-electron chi connectivity index (χ0n) is 17.8. The second-order valence-corrected chi connectivity index (χ2v) is 7.23. The summed E-state index contributed by atoms with van der Waals surface area (Å²) in [7, 11) is 0. The number of pyridine rings is 1. The number of para-hydroxylation sites is 1. The van der Waals surface area contributed by atoms with Crippen LogP contribution in [0.5, 0.6) is 0 Å². The number of hydrogen-bond acceptors (Lipinski definition) is 7. The van der Waals surface area contributed by atoms with Gasteiger partial charge in [0.1, 0.15) is 6.04 Å². The van der Waals surface area contributed by atoms with E-state index in [0.717, 1.165) is 5.39 Å². The largest absolute Gasteiger partial charge is 0.466 e. The Morgan fingerprint density at radius 3 is 2.48 bits per heavy atom. The lowest BCUT2D eigenvalue weighted by Gasteiger charge is -2.25. The van der Waals surface area contributed by atoms with E-state index in [-0.39, 0.29) is 24.3 Å². The van der Waals surface area contributed by atoms with Gasteiger partial charge in [0.2, 0.25) is 5.91 Å². The van der Waals surface area contributed by atoms with Crippen LogP contribution in [0.3, 0.4) is 0 Å². The molecule has 1 heterocycles. The molecule has 2 aromatic carbocycles. The highest BCUT2D eigenvalue weighted by Gasteiger charge is 2.32. The summed E-state index contributed by atoms with van der Waals surface area (Å²) >= 11 is 0. The van der Waals surface area contributed by atoms with Crippen LogP contribution >= 0.6 is 0 Å². The second-order valence-electron chi connectivity index (χ2n) is 7.23. The zero-order chi connectivity index (χ0) is 24.0. The van der Waals surface area contributed by atoms with Crippen LogP contribution in [0, 0.1) is 10.1 Å². The third-order valence-electron chi connectivity index (χ3n) is 5.07. The smallest absolute Gasteiger partial charge is 0.306 e. The molecule has 1 aromatic heterocycles. The van der Waals surface area contributed by atoms with E-state index in [1.807, 2.05) is 12.1 Å². The van der Waals surface area contributed by atoms with Gasteiger partial charge in [-0.15, -0.1) is 0 Å². The number of carbonyl (C=O) groups excluding carboxylic acids is 3. The number of primary amides is 1. The van der Waals surface area contributed by atoms with Crippen molar-refractivity contribution in [3.63, 3.8) is 0 Å². The first kappa shape index (κ1) is 23.3. The average Bonchev–Trinajstić information content (AvgIpc) is 2.81. The van der Waals surface area contributed by atoms with Gasteiger partial charge in [0.05, 0.1) is 29.0 Å². The number of nitrogens with one attached hydrogen (secondary N) is 1. The number of ether oxygens (including phenoxy) is 1. The number of nitro groups is 1. The maximum Gasteiger partial charge on any atom is 0.306 e. The van der Waals surface area contributed by atoms with Crippen LogP contribution in [0.1, 0.15) is 35.2 Å². The highest BCUT2D eigenvalue weighted by atomic mass is 16.6. The highest BCUT2D eigenvalue weighted by molar-refractivity contribution is 6.00. The molecule has 0 spiro atoms. The Bertz CT molecular complexity index is 1200. The van der Waals surface area contributed by atoms with Crippen molar-refractivity contribution in [3.8, 4) is 0 Å². The van der Waals surface area contributed by atoms with Crippen LogP contribution < -0.4 is 11.1 Å². The van der Waals surface area contributed by atoms with Crippen molar-refractivity contribution >= 4 is 34.4 Å². The molecular weight excluding hydrogens is 428 g/mol. The minimum atomic E-state index is -1.28. The number of fused-ring (bicyclic) bond motifs is 1. The third-order valence-corrected chi connectivity index (χ3v) is 5.07. The molecule has 3 aromatic rings. The van der Waals surface area contributed by atoms with Gasteiger partial charge < -0.3 is 15.8 Å². The number of nitrogens with two attached hydrogens (primary N) is 1. The molecular formula is C23H22N4O6. The number of nitrogens with zero attached hydrogens (tertiary/aromatic N) is 2. The summed E-state index contributed by atoms with van der Waals surface area (Å²) in [4.78, 5) is 52.1. The quantitative estimate of drug-likeness (QED) is 0.288. The van der Waals surface area contributed by atoms with Crippen molar-refractivity contribution < 1.29 is 24.0 Å². The standard InChI is InChI=1S/C23H22N4O6/c1-2-33-20(28)12-18(14-7-9-17(10-8-14)27(31)32)21(22(24)29)26-23(30)16-11-15-5-3-4-6-19(15)25-13-16/h3-11,13,18,21H,2,12H2,1H3,(H2,24,29)(H,26,30)/t18-,21-/m0/s1. The van der Waals surface area contributed by atoms with Gasteiger partial charge in [-0.1, -0.05) is 30.3 Å². The Balaban J connectivity index is 1.92. The summed E-state index contributed by atoms with van der Waals surface area (Å²) in [6.45, 7) is 1.76. The zero-order valence-corrected chi connectivity index (χ0v) is 17.8. The van der Waals surface area contributed by atoms with Crippen LogP contribution in [-0.2, 0) is 14.3 Å². The lowest BCUT2D eigenvalue weighted by molar-refractivity contribution is -0.384. The molecule has 2 amide bonds. The van der Waals surface area contributed by atoms with Gasteiger partial charge in [-0.25, -0.2) is 0 Å². The fourth-order valence-corrected chi connectivity index (χ4v) is 3.46. The van der Waals surface area contributed by atoms with Gasteiger partial charge in [-0.05, 0) is 24.6 Å². The summed E-state index contributed by atoms with van der Waals surface area (Å²) in [6.07, 6.45) is 1.11. The van der Waals surface area contributed by atoms with Crippen LogP contribution in [0.4, 0.5) is 5.69 Å². The van der Waals surface area contributed by atoms with Gasteiger partial charge in [-0.3, -0.25) is 29.5 Å². The highest BCUT2D eigenvalue weighted by Crippen LogP contribution is 2.27. The molecule has 0 saturated heterocycles. The monoisotopic (exact) mass is 450 g/mol. The van der Waals surface area contributed by atoms with Crippen LogP contribution in [0.25, 0.3) is 10.9 Å². The SMILES string of the molecule is CCOC(=O)C[C@@H](c1ccc([N+](=O)[O-])cc1)[C@H](NC(=O)c1cnc2ccccc2c1)C(N)=O. The molecule has 2 atom stereocenters. The van der Waals surface area contributed by atoms with Crippen LogP contribution in [-0.4, -0.2) is 40.3 Å². The first-order valence-corrected chi connectivity index (χ1v) is 10.1. The normalized spacial score (nSPS) is 12.5.